The van der Waals surface area contributed by atoms with Crippen LogP contribution in [0.4, 0.5) is 5.95 Å². The molecule has 1 aliphatic rings. The lowest BCUT2D eigenvalue weighted by Gasteiger charge is -2.31. The van der Waals surface area contributed by atoms with Gasteiger partial charge in [0, 0.05) is 44.0 Å². The molecule has 150 valence electrons. The van der Waals surface area contributed by atoms with Gasteiger partial charge in [-0.25, -0.2) is 9.97 Å². The van der Waals surface area contributed by atoms with E-state index in [4.69, 9.17) is 0 Å². The second-order valence-electron chi connectivity index (χ2n) is 7.63. The monoisotopic (exact) mass is 381 g/mol. The molecule has 1 aromatic carbocycles. The first-order valence-electron chi connectivity index (χ1n) is 10.2. The Balaban J connectivity index is 1.32. The molecule has 28 heavy (non-hydrogen) atoms. The highest BCUT2D eigenvalue weighted by molar-refractivity contribution is 5.78. The van der Waals surface area contributed by atoms with Crippen molar-refractivity contribution in [3.05, 3.63) is 53.9 Å². The van der Waals surface area contributed by atoms with Crippen LogP contribution in [0.2, 0.25) is 0 Å². The number of hydrogen-bond acceptors (Lipinski definition) is 5. The Kier molecular flexibility index (Phi) is 7.37. The average molecular weight is 382 g/mol. The first kappa shape index (κ1) is 20.3. The predicted octanol–water partition coefficient (Wildman–Crippen LogP) is 2.64. The molecular formula is C22H31N5O. The van der Waals surface area contributed by atoms with Crippen molar-refractivity contribution >= 4 is 11.9 Å². The lowest BCUT2D eigenvalue weighted by Crippen LogP contribution is -2.41. The molecule has 2 heterocycles. The molecular weight excluding hydrogens is 350 g/mol. The van der Waals surface area contributed by atoms with Crippen LogP contribution in [-0.4, -0.2) is 54.0 Å². The van der Waals surface area contributed by atoms with Gasteiger partial charge in [-0.15, -0.1) is 0 Å². The highest BCUT2D eigenvalue weighted by Gasteiger charge is 2.25. The molecule has 1 N–H and O–H groups in total. The van der Waals surface area contributed by atoms with E-state index in [9.17, 15) is 4.79 Å². The molecule has 1 amide bonds. The Morgan fingerprint density at radius 1 is 1.21 bits per heavy atom. The summed E-state index contributed by atoms with van der Waals surface area (Å²) in [6, 6.07) is 12.4. The fourth-order valence-electron chi connectivity index (χ4n) is 3.61. The third-order valence-electron chi connectivity index (χ3n) is 5.24. The lowest BCUT2D eigenvalue weighted by atomic mass is 9.96. The molecule has 0 saturated carbocycles. The van der Waals surface area contributed by atoms with Crippen LogP contribution in [0.3, 0.4) is 0 Å². The van der Waals surface area contributed by atoms with Crippen LogP contribution < -0.4 is 10.2 Å². The molecule has 1 aliphatic heterocycles. The Morgan fingerprint density at radius 3 is 2.68 bits per heavy atom. The van der Waals surface area contributed by atoms with Gasteiger partial charge in [0.2, 0.25) is 11.9 Å². The van der Waals surface area contributed by atoms with Crippen LogP contribution >= 0.6 is 0 Å². The molecule has 0 aliphatic carbocycles. The number of aromatic nitrogens is 2. The minimum absolute atomic E-state index is 0.100. The minimum Gasteiger partial charge on any atom is -0.356 e. The van der Waals surface area contributed by atoms with Gasteiger partial charge in [0.15, 0.2) is 0 Å². The Hall–Kier alpha value is -2.47. The van der Waals surface area contributed by atoms with E-state index in [1.165, 1.54) is 5.56 Å². The average Bonchev–Trinajstić information content (AvgIpc) is 2.72. The van der Waals surface area contributed by atoms with Crippen LogP contribution in [0.15, 0.2) is 42.6 Å². The normalized spacial score (nSPS) is 15.0. The molecule has 2 aromatic rings. The van der Waals surface area contributed by atoms with E-state index in [2.05, 4.69) is 56.4 Å². The number of amides is 1. The summed E-state index contributed by atoms with van der Waals surface area (Å²) in [5.41, 5.74) is 2.29. The molecule has 6 nitrogen and oxygen atoms in total. The van der Waals surface area contributed by atoms with Gasteiger partial charge < -0.3 is 15.1 Å². The predicted molar refractivity (Wildman–Crippen MR) is 112 cm³/mol. The molecule has 0 unspecified atom stereocenters. The van der Waals surface area contributed by atoms with Crippen LogP contribution in [0.1, 0.15) is 30.5 Å². The second-order valence-corrected chi connectivity index (χ2v) is 7.63. The summed E-state index contributed by atoms with van der Waals surface area (Å²) < 4.78 is 0. The number of nitrogens with zero attached hydrogens (tertiary/aromatic N) is 4. The maximum absolute atomic E-state index is 12.5. The fourth-order valence-corrected chi connectivity index (χ4v) is 3.61. The number of benzene rings is 1. The summed E-state index contributed by atoms with van der Waals surface area (Å²) in [4.78, 5) is 25.8. The highest BCUT2D eigenvalue weighted by Crippen LogP contribution is 2.20. The zero-order chi connectivity index (χ0) is 19.8. The number of piperidine rings is 1. The van der Waals surface area contributed by atoms with Crippen LogP contribution in [0.5, 0.6) is 0 Å². The number of carbonyl (C=O) groups is 1. The van der Waals surface area contributed by atoms with Gasteiger partial charge in [0.25, 0.3) is 0 Å². The van der Waals surface area contributed by atoms with Gasteiger partial charge in [0.05, 0.1) is 0 Å². The summed E-state index contributed by atoms with van der Waals surface area (Å²) in [6.07, 6.45) is 4.48. The van der Waals surface area contributed by atoms with Crippen molar-refractivity contribution in [3.8, 4) is 0 Å². The van der Waals surface area contributed by atoms with Crippen molar-refractivity contribution in [2.24, 2.45) is 5.92 Å². The van der Waals surface area contributed by atoms with E-state index >= 15 is 0 Å². The number of carbonyl (C=O) groups excluding carboxylic acids is 1. The molecule has 1 fully saturated rings. The molecule has 3 rings (SSSR count). The fraction of sp³-hybridized carbons (Fsp3) is 0.500. The van der Waals surface area contributed by atoms with Gasteiger partial charge in [-0.05, 0) is 51.4 Å². The molecule has 0 atom stereocenters. The quantitative estimate of drug-likeness (QED) is 0.713. The summed E-state index contributed by atoms with van der Waals surface area (Å²) in [7, 11) is 2.12. The molecule has 0 radical (unpaired) electrons. The van der Waals surface area contributed by atoms with Crippen LogP contribution in [-0.2, 0) is 11.3 Å². The van der Waals surface area contributed by atoms with Gasteiger partial charge in [-0.2, -0.15) is 0 Å². The molecule has 6 heteroatoms. The van der Waals surface area contributed by atoms with Crippen molar-refractivity contribution in [2.75, 3.05) is 38.1 Å². The lowest BCUT2D eigenvalue weighted by molar-refractivity contribution is -0.125. The molecule has 1 aromatic heterocycles. The van der Waals surface area contributed by atoms with E-state index in [-0.39, 0.29) is 11.8 Å². The van der Waals surface area contributed by atoms with Crippen molar-refractivity contribution in [1.82, 2.24) is 20.2 Å². The van der Waals surface area contributed by atoms with Crippen molar-refractivity contribution in [2.45, 2.75) is 32.7 Å². The molecule has 0 bridgehead atoms. The third-order valence-corrected chi connectivity index (χ3v) is 5.24. The Morgan fingerprint density at radius 2 is 1.96 bits per heavy atom. The zero-order valence-electron chi connectivity index (χ0n) is 17.0. The maximum Gasteiger partial charge on any atom is 0.225 e. The topological polar surface area (TPSA) is 61.4 Å². The molecule has 0 spiro atoms. The first-order chi connectivity index (χ1) is 13.6. The standard InChI is InChI=1S/C22H31N5O/c1-18-9-13-24-22(25-18)27-15-10-20(11-16-27)21(28)23-12-6-14-26(2)17-19-7-4-3-5-8-19/h3-5,7-9,13,20H,6,10-12,14-17H2,1-2H3,(H,23,28). The largest absolute Gasteiger partial charge is 0.356 e. The van der Waals surface area contributed by atoms with E-state index in [1.54, 1.807) is 6.20 Å². The Bertz CT molecular complexity index is 744. The van der Waals surface area contributed by atoms with Gasteiger partial charge in [-0.3, -0.25) is 4.79 Å². The summed E-state index contributed by atoms with van der Waals surface area (Å²) in [6.45, 7) is 6.29. The summed E-state index contributed by atoms with van der Waals surface area (Å²) in [5, 5.41) is 3.12. The SMILES string of the molecule is Cc1ccnc(N2CCC(C(=O)NCCCN(C)Cc3ccccc3)CC2)n1. The maximum atomic E-state index is 12.5. The van der Waals surface area contributed by atoms with Gasteiger partial charge in [-0.1, -0.05) is 30.3 Å². The van der Waals surface area contributed by atoms with Crippen LogP contribution in [0, 0.1) is 12.8 Å². The van der Waals surface area contributed by atoms with E-state index in [1.807, 2.05) is 19.1 Å². The van der Waals surface area contributed by atoms with Crippen molar-refractivity contribution in [1.29, 1.82) is 0 Å². The second kappa shape index (κ2) is 10.2. The summed E-state index contributed by atoms with van der Waals surface area (Å²) >= 11 is 0. The number of aryl methyl sites for hydroxylation is 1. The highest BCUT2D eigenvalue weighted by atomic mass is 16.1. The van der Waals surface area contributed by atoms with Crippen molar-refractivity contribution in [3.63, 3.8) is 0 Å². The van der Waals surface area contributed by atoms with E-state index in [0.717, 1.165) is 63.6 Å². The number of anilines is 1. The van der Waals surface area contributed by atoms with Gasteiger partial charge >= 0.3 is 0 Å². The minimum atomic E-state index is 0.100. The van der Waals surface area contributed by atoms with E-state index < -0.39 is 0 Å². The van der Waals surface area contributed by atoms with E-state index in [0.29, 0.717) is 0 Å². The van der Waals surface area contributed by atoms with Gasteiger partial charge in [0.1, 0.15) is 0 Å². The Labute approximate surface area is 168 Å². The number of rotatable bonds is 8. The number of nitrogens with one attached hydrogen (secondary N) is 1. The zero-order valence-corrected chi connectivity index (χ0v) is 17.0. The smallest absolute Gasteiger partial charge is 0.225 e. The first-order valence-corrected chi connectivity index (χ1v) is 10.2. The number of hydrogen-bond donors (Lipinski definition) is 1. The molecule has 1 saturated heterocycles. The summed E-state index contributed by atoms with van der Waals surface area (Å²) in [5.74, 6) is 1.07. The van der Waals surface area contributed by atoms with Crippen LogP contribution in [0.25, 0.3) is 0 Å². The third kappa shape index (κ3) is 6.02. The van der Waals surface area contributed by atoms with Crippen molar-refractivity contribution < 1.29 is 4.79 Å².